The van der Waals surface area contributed by atoms with Crippen molar-refractivity contribution >= 4 is 5.69 Å². The van der Waals surface area contributed by atoms with Crippen molar-refractivity contribution in [2.75, 3.05) is 18.4 Å². The maximum atomic E-state index is 4.37. The summed E-state index contributed by atoms with van der Waals surface area (Å²) >= 11 is 0. The highest BCUT2D eigenvalue weighted by molar-refractivity contribution is 5.46. The van der Waals surface area contributed by atoms with Crippen LogP contribution in [0.2, 0.25) is 0 Å². The maximum Gasteiger partial charge on any atom is 0.0396 e. The lowest BCUT2D eigenvalue weighted by Crippen LogP contribution is -2.38. The Balaban J connectivity index is 2.02. The minimum absolute atomic E-state index is 0.569. The highest BCUT2D eigenvalue weighted by atomic mass is 15.0. The Morgan fingerprint density at radius 2 is 2.07 bits per heavy atom. The molecular weight excluding hydrogens is 186 g/mol. The van der Waals surface area contributed by atoms with Gasteiger partial charge < -0.3 is 10.6 Å². The molecule has 1 aromatic rings. The first kappa shape index (κ1) is 10.4. The fraction of sp³-hybridized carbons (Fsp3) is 0.583. The van der Waals surface area contributed by atoms with Gasteiger partial charge in [-0.25, -0.2) is 0 Å². The first-order valence-electron chi connectivity index (χ1n) is 5.66. The van der Waals surface area contributed by atoms with Crippen LogP contribution in [0, 0.1) is 13.8 Å². The van der Waals surface area contributed by atoms with E-state index in [0.29, 0.717) is 6.04 Å². The zero-order valence-electron chi connectivity index (χ0n) is 9.51. The lowest BCUT2D eigenvalue weighted by Gasteiger charge is -2.25. The van der Waals surface area contributed by atoms with Crippen LogP contribution in [0.5, 0.6) is 0 Å². The number of piperidine rings is 1. The number of aryl methyl sites for hydroxylation is 2. The van der Waals surface area contributed by atoms with Crippen LogP contribution >= 0.6 is 0 Å². The van der Waals surface area contributed by atoms with Crippen molar-refractivity contribution in [1.82, 2.24) is 10.3 Å². The van der Waals surface area contributed by atoms with Gasteiger partial charge >= 0.3 is 0 Å². The number of nitrogens with zero attached hydrogens (tertiary/aromatic N) is 1. The average Bonchev–Trinajstić information content (AvgIpc) is 2.17. The molecule has 15 heavy (non-hydrogen) atoms. The molecular formula is C12H19N3. The van der Waals surface area contributed by atoms with Crippen molar-refractivity contribution in [3.05, 3.63) is 23.5 Å². The smallest absolute Gasteiger partial charge is 0.0396 e. The van der Waals surface area contributed by atoms with E-state index < -0.39 is 0 Å². The summed E-state index contributed by atoms with van der Waals surface area (Å²) in [4.78, 5) is 4.37. The Morgan fingerprint density at radius 3 is 2.67 bits per heavy atom. The van der Waals surface area contributed by atoms with Crippen molar-refractivity contribution in [3.8, 4) is 0 Å². The van der Waals surface area contributed by atoms with Crippen LogP contribution in [0.25, 0.3) is 0 Å². The predicted octanol–water partition coefficient (Wildman–Crippen LogP) is 1.86. The number of hydrogen-bond donors (Lipinski definition) is 2. The fourth-order valence-corrected chi connectivity index (χ4v) is 2.13. The standard InChI is InChI=1S/C12H19N3/c1-9-6-12(7-10(2)14-9)15-11-4-3-5-13-8-11/h6-7,11,13H,3-5,8H2,1-2H3,(H,14,15)/t11-/m1/s1. The number of aromatic nitrogens is 1. The topological polar surface area (TPSA) is 37.0 Å². The van der Waals surface area contributed by atoms with E-state index >= 15 is 0 Å². The van der Waals surface area contributed by atoms with E-state index in [2.05, 4.69) is 27.8 Å². The summed E-state index contributed by atoms with van der Waals surface area (Å²) in [6.45, 7) is 6.31. The molecule has 2 rings (SSSR count). The molecule has 0 saturated carbocycles. The second kappa shape index (κ2) is 4.62. The number of rotatable bonds is 2. The quantitative estimate of drug-likeness (QED) is 0.774. The molecule has 3 heteroatoms. The molecule has 82 valence electrons. The minimum atomic E-state index is 0.569. The van der Waals surface area contributed by atoms with Crippen LogP contribution in [0.15, 0.2) is 12.1 Å². The van der Waals surface area contributed by atoms with Gasteiger partial charge in [0.1, 0.15) is 0 Å². The molecule has 1 atom stereocenters. The molecule has 0 bridgehead atoms. The molecule has 1 saturated heterocycles. The van der Waals surface area contributed by atoms with Crippen molar-refractivity contribution in [2.45, 2.75) is 32.7 Å². The molecule has 0 radical (unpaired) electrons. The van der Waals surface area contributed by atoms with Gasteiger partial charge in [0.15, 0.2) is 0 Å². The second-order valence-corrected chi connectivity index (χ2v) is 4.33. The zero-order chi connectivity index (χ0) is 10.7. The van der Waals surface area contributed by atoms with Crippen LogP contribution in [-0.4, -0.2) is 24.1 Å². The normalized spacial score (nSPS) is 21.3. The third kappa shape index (κ3) is 2.93. The Hall–Kier alpha value is -1.09. The van der Waals surface area contributed by atoms with Gasteiger partial charge in [-0.05, 0) is 45.4 Å². The van der Waals surface area contributed by atoms with Gasteiger partial charge in [0.05, 0.1) is 0 Å². The van der Waals surface area contributed by atoms with Gasteiger partial charge in [0, 0.05) is 29.7 Å². The molecule has 0 spiro atoms. The van der Waals surface area contributed by atoms with Crippen molar-refractivity contribution < 1.29 is 0 Å². The number of hydrogen-bond acceptors (Lipinski definition) is 3. The summed E-state index contributed by atoms with van der Waals surface area (Å²) in [5, 5.41) is 6.97. The van der Waals surface area contributed by atoms with E-state index in [0.717, 1.165) is 24.5 Å². The van der Waals surface area contributed by atoms with Crippen LogP contribution in [-0.2, 0) is 0 Å². The Bertz CT molecular complexity index is 309. The van der Waals surface area contributed by atoms with E-state index in [-0.39, 0.29) is 0 Å². The molecule has 3 nitrogen and oxygen atoms in total. The van der Waals surface area contributed by atoms with Crippen LogP contribution in [0.4, 0.5) is 5.69 Å². The highest BCUT2D eigenvalue weighted by Crippen LogP contribution is 2.14. The molecule has 1 aliphatic heterocycles. The first-order chi connectivity index (χ1) is 7.24. The van der Waals surface area contributed by atoms with E-state index in [9.17, 15) is 0 Å². The molecule has 0 aliphatic carbocycles. The van der Waals surface area contributed by atoms with Gasteiger partial charge in [-0.2, -0.15) is 0 Å². The zero-order valence-corrected chi connectivity index (χ0v) is 9.51. The monoisotopic (exact) mass is 205 g/mol. The minimum Gasteiger partial charge on any atom is -0.381 e. The van der Waals surface area contributed by atoms with E-state index in [4.69, 9.17) is 0 Å². The van der Waals surface area contributed by atoms with Crippen molar-refractivity contribution in [2.24, 2.45) is 0 Å². The first-order valence-corrected chi connectivity index (χ1v) is 5.66. The fourth-order valence-electron chi connectivity index (χ4n) is 2.13. The predicted molar refractivity (Wildman–Crippen MR) is 63.2 cm³/mol. The summed E-state index contributed by atoms with van der Waals surface area (Å²) in [6.07, 6.45) is 2.52. The summed E-state index contributed by atoms with van der Waals surface area (Å²) in [6, 6.07) is 4.79. The molecule has 0 aromatic carbocycles. The van der Waals surface area contributed by atoms with Gasteiger partial charge in [-0.3, -0.25) is 4.98 Å². The molecule has 2 N–H and O–H groups in total. The molecule has 1 aromatic heterocycles. The number of anilines is 1. The Morgan fingerprint density at radius 1 is 1.33 bits per heavy atom. The molecule has 0 amide bonds. The van der Waals surface area contributed by atoms with Gasteiger partial charge in [-0.1, -0.05) is 0 Å². The lowest BCUT2D eigenvalue weighted by atomic mass is 10.1. The number of nitrogens with one attached hydrogen (secondary N) is 2. The summed E-state index contributed by atoms with van der Waals surface area (Å²) in [5.74, 6) is 0. The largest absolute Gasteiger partial charge is 0.381 e. The number of pyridine rings is 1. The van der Waals surface area contributed by atoms with E-state index in [1.165, 1.54) is 18.5 Å². The van der Waals surface area contributed by atoms with Crippen LogP contribution in [0.3, 0.4) is 0 Å². The van der Waals surface area contributed by atoms with E-state index in [1.54, 1.807) is 0 Å². The van der Waals surface area contributed by atoms with Crippen molar-refractivity contribution in [3.63, 3.8) is 0 Å². The maximum absolute atomic E-state index is 4.37. The highest BCUT2D eigenvalue weighted by Gasteiger charge is 2.12. The third-order valence-electron chi connectivity index (χ3n) is 2.75. The summed E-state index contributed by atoms with van der Waals surface area (Å²) in [5.41, 5.74) is 3.37. The SMILES string of the molecule is Cc1cc(N[C@@H]2CCCNC2)cc(C)n1. The molecule has 2 heterocycles. The average molecular weight is 205 g/mol. The van der Waals surface area contributed by atoms with Gasteiger partial charge in [0.25, 0.3) is 0 Å². The van der Waals surface area contributed by atoms with Gasteiger partial charge in [0.2, 0.25) is 0 Å². The molecule has 1 fully saturated rings. The Labute approximate surface area is 91.3 Å². The van der Waals surface area contributed by atoms with Gasteiger partial charge in [-0.15, -0.1) is 0 Å². The van der Waals surface area contributed by atoms with Crippen LogP contribution in [0.1, 0.15) is 24.2 Å². The van der Waals surface area contributed by atoms with Crippen molar-refractivity contribution in [1.29, 1.82) is 0 Å². The lowest BCUT2D eigenvalue weighted by molar-refractivity contribution is 0.480. The third-order valence-corrected chi connectivity index (χ3v) is 2.75. The molecule has 0 unspecified atom stereocenters. The second-order valence-electron chi connectivity index (χ2n) is 4.33. The molecule has 1 aliphatic rings. The summed E-state index contributed by atoms with van der Waals surface area (Å²) in [7, 11) is 0. The van der Waals surface area contributed by atoms with Crippen LogP contribution < -0.4 is 10.6 Å². The Kier molecular flexibility index (Phi) is 3.21. The summed E-state index contributed by atoms with van der Waals surface area (Å²) < 4.78 is 0. The van der Waals surface area contributed by atoms with E-state index in [1.807, 2.05) is 13.8 Å².